The van der Waals surface area contributed by atoms with Gasteiger partial charge in [0.15, 0.2) is 5.16 Å². The number of nitrogens with zero attached hydrogens (tertiary/aromatic N) is 2. The third-order valence-electron chi connectivity index (χ3n) is 2.17. The Bertz CT molecular complexity index is 461. The van der Waals surface area contributed by atoms with Gasteiger partial charge in [-0.25, -0.2) is 0 Å². The van der Waals surface area contributed by atoms with E-state index in [1.54, 1.807) is 10.8 Å². The highest BCUT2D eigenvalue weighted by molar-refractivity contribution is 7.99. The van der Waals surface area contributed by atoms with Crippen LogP contribution in [-0.4, -0.2) is 39.6 Å². The van der Waals surface area contributed by atoms with E-state index in [4.69, 9.17) is 9.84 Å². The fraction of sp³-hybridized carbons (Fsp3) is 0.545. The average Bonchev–Trinajstić information content (AvgIpc) is 2.33. The van der Waals surface area contributed by atoms with Gasteiger partial charge in [0.2, 0.25) is 0 Å². The molecule has 0 saturated carbocycles. The van der Waals surface area contributed by atoms with E-state index in [2.05, 4.69) is 4.98 Å². The van der Waals surface area contributed by atoms with Crippen molar-refractivity contribution in [2.24, 2.45) is 0 Å². The number of hydrogen-bond acceptors (Lipinski definition) is 5. The van der Waals surface area contributed by atoms with Gasteiger partial charge in [0.25, 0.3) is 5.56 Å². The topological polar surface area (TPSA) is 81.4 Å². The second-order valence-corrected chi connectivity index (χ2v) is 4.59. The van der Waals surface area contributed by atoms with Gasteiger partial charge in [-0.05, 0) is 13.8 Å². The first kappa shape index (κ1) is 14.7. The number of aliphatic carboxylic acids is 1. The molecule has 1 rings (SSSR count). The lowest BCUT2D eigenvalue weighted by Gasteiger charge is -2.18. The summed E-state index contributed by atoms with van der Waals surface area (Å²) in [5, 5.41) is 9.05. The van der Waals surface area contributed by atoms with Crippen LogP contribution in [0.25, 0.3) is 0 Å². The van der Waals surface area contributed by atoms with Crippen LogP contribution in [0.15, 0.2) is 22.2 Å². The zero-order valence-electron chi connectivity index (χ0n) is 10.3. The Labute approximate surface area is 109 Å². The molecule has 0 aliphatic carbocycles. The maximum Gasteiger partial charge on any atom is 0.313 e. The molecular formula is C11H16N2O4S. The third-order valence-corrected chi connectivity index (χ3v) is 3.12. The van der Waals surface area contributed by atoms with E-state index in [1.807, 2.05) is 13.8 Å². The van der Waals surface area contributed by atoms with Gasteiger partial charge in [0, 0.05) is 18.9 Å². The van der Waals surface area contributed by atoms with Crippen molar-refractivity contribution in [1.29, 1.82) is 0 Å². The molecule has 18 heavy (non-hydrogen) atoms. The van der Waals surface area contributed by atoms with Gasteiger partial charge in [-0.3, -0.25) is 9.59 Å². The number of hydrogen-bond donors (Lipinski definition) is 1. The van der Waals surface area contributed by atoms with Crippen LogP contribution in [0.2, 0.25) is 0 Å². The van der Waals surface area contributed by atoms with Crippen molar-refractivity contribution in [2.75, 3.05) is 19.0 Å². The summed E-state index contributed by atoms with van der Waals surface area (Å²) in [5.74, 6) is -1.07. The molecule has 0 aromatic carbocycles. The van der Waals surface area contributed by atoms with E-state index in [0.29, 0.717) is 18.4 Å². The Morgan fingerprint density at radius 1 is 1.67 bits per heavy atom. The molecule has 0 spiro atoms. The molecule has 0 saturated heterocycles. The van der Waals surface area contributed by atoms with E-state index in [1.165, 1.54) is 6.07 Å². The smallest absolute Gasteiger partial charge is 0.313 e. The lowest BCUT2D eigenvalue weighted by atomic mass is 10.3. The summed E-state index contributed by atoms with van der Waals surface area (Å²) in [4.78, 5) is 25.6. The zero-order chi connectivity index (χ0) is 13.5. The van der Waals surface area contributed by atoms with Crippen LogP contribution in [0.1, 0.15) is 19.9 Å². The second kappa shape index (κ2) is 7.17. The monoisotopic (exact) mass is 272 g/mol. The van der Waals surface area contributed by atoms with E-state index < -0.39 is 5.97 Å². The highest BCUT2D eigenvalue weighted by Crippen LogP contribution is 2.18. The minimum absolute atomic E-state index is 0.00524. The van der Waals surface area contributed by atoms with Crippen LogP contribution in [-0.2, 0) is 9.53 Å². The van der Waals surface area contributed by atoms with E-state index >= 15 is 0 Å². The largest absolute Gasteiger partial charge is 0.481 e. The molecule has 1 unspecified atom stereocenters. The number of carbonyl (C=O) groups is 1. The SMILES string of the molecule is CCOCC(C)n1ccc(=O)nc1SCC(=O)O. The van der Waals surface area contributed by atoms with Crippen molar-refractivity contribution in [2.45, 2.75) is 25.0 Å². The van der Waals surface area contributed by atoms with Gasteiger partial charge in [-0.1, -0.05) is 11.8 Å². The summed E-state index contributed by atoms with van der Waals surface area (Å²) in [6.45, 7) is 4.92. The molecule has 1 aromatic heterocycles. The van der Waals surface area contributed by atoms with Crippen LogP contribution in [0.3, 0.4) is 0 Å². The molecule has 0 radical (unpaired) electrons. The van der Waals surface area contributed by atoms with Crippen LogP contribution in [0.5, 0.6) is 0 Å². The van der Waals surface area contributed by atoms with Gasteiger partial charge in [0.1, 0.15) is 0 Å². The minimum atomic E-state index is -0.942. The first-order valence-corrected chi connectivity index (χ1v) is 6.54. The Morgan fingerprint density at radius 3 is 3.00 bits per heavy atom. The van der Waals surface area contributed by atoms with E-state index in [9.17, 15) is 9.59 Å². The van der Waals surface area contributed by atoms with Crippen LogP contribution in [0.4, 0.5) is 0 Å². The van der Waals surface area contributed by atoms with Crippen molar-refractivity contribution in [3.05, 3.63) is 22.6 Å². The molecular weight excluding hydrogens is 256 g/mol. The number of rotatable bonds is 7. The quantitative estimate of drug-likeness (QED) is 0.589. The zero-order valence-corrected chi connectivity index (χ0v) is 11.1. The first-order valence-electron chi connectivity index (χ1n) is 5.56. The number of carboxylic acid groups (broad SMARTS) is 1. The van der Waals surface area contributed by atoms with Gasteiger partial charge < -0.3 is 14.4 Å². The van der Waals surface area contributed by atoms with Crippen LogP contribution >= 0.6 is 11.8 Å². The molecule has 1 atom stereocenters. The molecule has 0 fully saturated rings. The summed E-state index contributed by atoms with van der Waals surface area (Å²) in [7, 11) is 0. The molecule has 0 aliphatic rings. The van der Waals surface area contributed by atoms with Crippen molar-refractivity contribution in [3.8, 4) is 0 Å². The van der Waals surface area contributed by atoms with E-state index in [0.717, 1.165) is 11.8 Å². The highest BCUT2D eigenvalue weighted by Gasteiger charge is 2.11. The number of ether oxygens (including phenoxy) is 1. The molecule has 100 valence electrons. The highest BCUT2D eigenvalue weighted by atomic mass is 32.2. The maximum atomic E-state index is 11.2. The van der Waals surface area contributed by atoms with Crippen molar-refractivity contribution in [1.82, 2.24) is 9.55 Å². The molecule has 1 heterocycles. The molecule has 0 amide bonds. The summed E-state index contributed by atoms with van der Waals surface area (Å²) in [5.41, 5.74) is -0.372. The normalized spacial score (nSPS) is 12.3. The molecule has 1 aromatic rings. The predicted octanol–water partition coefficient (Wildman–Crippen LogP) is 1.02. The third kappa shape index (κ3) is 4.50. The number of carboxylic acids is 1. The van der Waals surface area contributed by atoms with Crippen LogP contribution < -0.4 is 5.56 Å². The maximum absolute atomic E-state index is 11.2. The molecule has 6 nitrogen and oxygen atoms in total. The number of aromatic nitrogens is 2. The Balaban J connectivity index is 2.88. The lowest BCUT2D eigenvalue weighted by Crippen LogP contribution is -2.19. The molecule has 0 aliphatic heterocycles. The van der Waals surface area contributed by atoms with Crippen molar-refractivity contribution >= 4 is 17.7 Å². The first-order chi connectivity index (χ1) is 8.54. The summed E-state index contributed by atoms with van der Waals surface area (Å²) in [6, 6.07) is 1.35. The fourth-order valence-electron chi connectivity index (χ4n) is 1.33. The van der Waals surface area contributed by atoms with E-state index in [-0.39, 0.29) is 17.4 Å². The van der Waals surface area contributed by atoms with Gasteiger partial charge in [0.05, 0.1) is 18.4 Å². The molecule has 0 bridgehead atoms. The van der Waals surface area contributed by atoms with Gasteiger partial charge in [-0.15, -0.1) is 0 Å². The standard InChI is InChI=1S/C11H16N2O4S/c1-3-17-6-8(2)13-5-4-9(14)12-11(13)18-7-10(15)16/h4-5,8H,3,6-7H2,1-2H3,(H,15,16). The minimum Gasteiger partial charge on any atom is -0.481 e. The fourth-order valence-corrected chi connectivity index (χ4v) is 2.13. The number of thioether (sulfide) groups is 1. The Kier molecular flexibility index (Phi) is 5.87. The average molecular weight is 272 g/mol. The van der Waals surface area contributed by atoms with Gasteiger partial charge in [-0.2, -0.15) is 4.98 Å². The lowest BCUT2D eigenvalue weighted by molar-refractivity contribution is -0.133. The van der Waals surface area contributed by atoms with Crippen molar-refractivity contribution in [3.63, 3.8) is 0 Å². The molecule has 1 N–H and O–H groups in total. The Morgan fingerprint density at radius 2 is 2.39 bits per heavy atom. The van der Waals surface area contributed by atoms with Crippen LogP contribution in [0, 0.1) is 0 Å². The Hall–Kier alpha value is -1.34. The summed E-state index contributed by atoms with van der Waals surface area (Å²) in [6.07, 6.45) is 1.61. The predicted molar refractivity (Wildman–Crippen MR) is 68.1 cm³/mol. The van der Waals surface area contributed by atoms with Gasteiger partial charge >= 0.3 is 5.97 Å². The summed E-state index contributed by atoms with van der Waals surface area (Å²) >= 11 is 1.03. The summed E-state index contributed by atoms with van der Waals surface area (Å²) < 4.78 is 7.06. The molecule has 7 heteroatoms. The van der Waals surface area contributed by atoms with Crippen molar-refractivity contribution < 1.29 is 14.6 Å². The second-order valence-electron chi connectivity index (χ2n) is 3.65.